The predicted octanol–water partition coefficient (Wildman–Crippen LogP) is 2.90. The number of hydrogen-bond acceptors (Lipinski definition) is 7. The number of nitrogens with one attached hydrogen (secondary N) is 3. The maximum Gasteiger partial charge on any atom is 0.304 e. The van der Waals surface area contributed by atoms with Crippen LogP contribution in [0.3, 0.4) is 0 Å². The SMILES string of the molecule is CN1CCc2nc(C(=O)NC3CN(C(=O)C(C)(C)CC(=O)O)CCC3NC(=O)c3cc4cc(Cl)ccc4[nH]3)sc2C1. The Bertz CT molecular complexity index is 1520. The average Bonchev–Trinajstić information content (AvgIpc) is 3.52. The molecule has 13 heteroatoms. The summed E-state index contributed by atoms with van der Waals surface area (Å²) < 4.78 is 0. The van der Waals surface area contributed by atoms with E-state index in [4.69, 9.17) is 11.6 Å². The molecule has 2 aliphatic heterocycles. The summed E-state index contributed by atoms with van der Waals surface area (Å²) in [6.07, 6.45) is 0.828. The van der Waals surface area contributed by atoms with Gasteiger partial charge in [-0.25, -0.2) is 4.98 Å². The van der Waals surface area contributed by atoms with Crippen LogP contribution in [-0.2, 0) is 22.6 Å². The van der Waals surface area contributed by atoms with Gasteiger partial charge in [-0.2, -0.15) is 0 Å². The lowest BCUT2D eigenvalue weighted by Crippen LogP contribution is -2.62. The molecule has 3 aromatic rings. The highest BCUT2D eigenvalue weighted by molar-refractivity contribution is 7.13. The van der Waals surface area contributed by atoms with Gasteiger partial charge in [-0.1, -0.05) is 25.4 Å². The third kappa shape index (κ3) is 6.39. The first-order valence-electron chi connectivity index (χ1n) is 13.5. The Kier molecular flexibility index (Phi) is 8.09. The fraction of sp³-hybridized carbons (Fsp3) is 0.464. The van der Waals surface area contributed by atoms with Crippen LogP contribution in [0, 0.1) is 5.41 Å². The van der Waals surface area contributed by atoms with Crippen molar-refractivity contribution in [2.24, 2.45) is 5.41 Å². The number of carboxylic acids is 1. The van der Waals surface area contributed by atoms with Gasteiger partial charge >= 0.3 is 5.97 Å². The lowest BCUT2D eigenvalue weighted by Gasteiger charge is -2.41. The number of amides is 3. The molecule has 5 rings (SSSR count). The standard InChI is InChI=1S/C28H33ClN6O5S/c1-28(2,12-23(36)37)27(40)35-9-7-18(31-24(38)20-11-15-10-16(29)4-5-17(15)30-20)21(13-35)32-25(39)26-33-19-6-8-34(3)14-22(19)41-26/h4-5,10-11,18,21,30H,6-9,12-14H2,1-3H3,(H,31,38)(H,32,39)(H,36,37). The summed E-state index contributed by atoms with van der Waals surface area (Å²) in [5.74, 6) is -2.09. The summed E-state index contributed by atoms with van der Waals surface area (Å²) in [4.78, 5) is 63.9. The van der Waals surface area contributed by atoms with Crippen molar-refractivity contribution in [2.45, 2.75) is 51.7 Å². The van der Waals surface area contributed by atoms with Crippen LogP contribution >= 0.6 is 22.9 Å². The van der Waals surface area contributed by atoms with Crippen LogP contribution in [-0.4, -0.2) is 87.3 Å². The fourth-order valence-corrected chi connectivity index (χ4v) is 6.73. The number of benzene rings is 1. The highest BCUT2D eigenvalue weighted by atomic mass is 35.5. The molecule has 1 saturated heterocycles. The first kappa shape index (κ1) is 29.0. The zero-order valence-corrected chi connectivity index (χ0v) is 24.7. The Morgan fingerprint density at radius 1 is 1.15 bits per heavy atom. The molecule has 4 heterocycles. The largest absolute Gasteiger partial charge is 0.481 e. The summed E-state index contributed by atoms with van der Waals surface area (Å²) in [7, 11) is 2.02. The average molecular weight is 601 g/mol. The number of nitrogens with zero attached hydrogens (tertiary/aromatic N) is 3. The van der Waals surface area contributed by atoms with Crippen molar-refractivity contribution in [3.05, 3.63) is 50.6 Å². The van der Waals surface area contributed by atoms with Crippen LogP contribution in [0.5, 0.6) is 0 Å². The third-order valence-electron chi connectivity index (χ3n) is 7.65. The second-order valence-electron chi connectivity index (χ2n) is 11.4. The molecule has 2 atom stereocenters. The van der Waals surface area contributed by atoms with Gasteiger partial charge in [0.2, 0.25) is 5.91 Å². The lowest BCUT2D eigenvalue weighted by atomic mass is 9.86. The Labute approximate surface area is 246 Å². The van der Waals surface area contributed by atoms with Gasteiger partial charge in [-0.05, 0) is 37.7 Å². The van der Waals surface area contributed by atoms with E-state index in [1.165, 1.54) is 11.3 Å². The molecule has 3 amide bonds. The summed E-state index contributed by atoms with van der Waals surface area (Å²) in [6.45, 7) is 5.24. The van der Waals surface area contributed by atoms with E-state index in [1.54, 1.807) is 43.0 Å². The smallest absolute Gasteiger partial charge is 0.304 e. The van der Waals surface area contributed by atoms with Gasteiger partial charge in [-0.3, -0.25) is 19.2 Å². The van der Waals surface area contributed by atoms with Gasteiger partial charge in [0.05, 0.1) is 29.6 Å². The van der Waals surface area contributed by atoms with Crippen molar-refractivity contribution >= 4 is 57.5 Å². The number of carbonyl (C=O) groups excluding carboxylic acids is 3. The van der Waals surface area contributed by atoms with E-state index in [-0.39, 0.29) is 30.7 Å². The highest BCUT2D eigenvalue weighted by Crippen LogP contribution is 2.28. The van der Waals surface area contributed by atoms with Crippen LogP contribution in [0.25, 0.3) is 10.9 Å². The van der Waals surface area contributed by atoms with Crippen molar-refractivity contribution < 1.29 is 24.3 Å². The number of hydrogen-bond donors (Lipinski definition) is 4. The van der Waals surface area contributed by atoms with Crippen molar-refractivity contribution in [2.75, 3.05) is 26.7 Å². The second kappa shape index (κ2) is 11.4. The minimum absolute atomic E-state index is 0.120. The molecule has 1 fully saturated rings. The maximum absolute atomic E-state index is 13.4. The number of H-pyrrole nitrogens is 1. The first-order valence-corrected chi connectivity index (χ1v) is 14.7. The number of carboxylic acid groups (broad SMARTS) is 1. The molecule has 0 spiro atoms. The predicted molar refractivity (Wildman–Crippen MR) is 155 cm³/mol. The fourth-order valence-electron chi connectivity index (χ4n) is 5.46. The third-order valence-corrected chi connectivity index (χ3v) is 8.97. The van der Waals surface area contributed by atoms with Crippen LogP contribution < -0.4 is 10.6 Å². The minimum atomic E-state index is -1.12. The quantitative estimate of drug-likeness (QED) is 0.326. The van der Waals surface area contributed by atoms with E-state index in [9.17, 15) is 24.3 Å². The van der Waals surface area contributed by atoms with Crippen LogP contribution in [0.1, 0.15) is 57.6 Å². The number of aromatic amines is 1. The van der Waals surface area contributed by atoms with E-state index >= 15 is 0 Å². The zero-order chi connectivity index (χ0) is 29.5. The molecule has 11 nitrogen and oxygen atoms in total. The number of fused-ring (bicyclic) bond motifs is 2. The second-order valence-corrected chi connectivity index (χ2v) is 13.0. The first-order chi connectivity index (χ1) is 19.4. The number of aliphatic carboxylic acids is 1. The number of likely N-dealkylation sites (tertiary alicyclic amines) is 1. The van der Waals surface area contributed by atoms with Crippen LogP contribution in [0.2, 0.25) is 5.02 Å². The topological polar surface area (TPSA) is 148 Å². The zero-order valence-electron chi connectivity index (χ0n) is 23.1. The van der Waals surface area contributed by atoms with Gasteiger partial charge in [0.15, 0.2) is 5.01 Å². The van der Waals surface area contributed by atoms with Gasteiger partial charge < -0.3 is 30.5 Å². The molecular formula is C28H33ClN6O5S. The van der Waals surface area contributed by atoms with Crippen molar-refractivity contribution in [3.8, 4) is 0 Å². The lowest BCUT2D eigenvalue weighted by molar-refractivity contribution is -0.150. The molecule has 41 heavy (non-hydrogen) atoms. The molecular weight excluding hydrogens is 568 g/mol. The normalized spacial score (nSPS) is 19.6. The molecule has 0 radical (unpaired) electrons. The number of rotatable bonds is 7. The number of aromatic nitrogens is 2. The maximum atomic E-state index is 13.4. The number of likely N-dealkylation sites (N-methyl/N-ethyl adjacent to an activating group) is 1. The van der Waals surface area contributed by atoms with Crippen LogP contribution in [0.4, 0.5) is 0 Å². The van der Waals surface area contributed by atoms with E-state index in [0.29, 0.717) is 28.7 Å². The molecule has 0 saturated carbocycles. The Morgan fingerprint density at radius 3 is 2.66 bits per heavy atom. The minimum Gasteiger partial charge on any atom is -0.481 e. The van der Waals surface area contributed by atoms with E-state index < -0.39 is 23.5 Å². The van der Waals surface area contributed by atoms with E-state index in [1.807, 2.05) is 7.05 Å². The van der Waals surface area contributed by atoms with Crippen molar-refractivity contribution in [1.29, 1.82) is 0 Å². The Balaban J connectivity index is 1.36. The molecule has 218 valence electrons. The van der Waals surface area contributed by atoms with Crippen molar-refractivity contribution in [1.82, 2.24) is 30.4 Å². The molecule has 0 bridgehead atoms. The van der Waals surface area contributed by atoms with Gasteiger partial charge in [0.1, 0.15) is 5.69 Å². The molecule has 2 unspecified atom stereocenters. The van der Waals surface area contributed by atoms with E-state index in [2.05, 4.69) is 25.5 Å². The number of halogens is 1. The summed E-state index contributed by atoms with van der Waals surface area (Å²) in [5.41, 5.74) is 0.926. The molecule has 2 aliphatic rings. The van der Waals surface area contributed by atoms with Gasteiger partial charge in [-0.15, -0.1) is 11.3 Å². The molecule has 0 aliphatic carbocycles. The van der Waals surface area contributed by atoms with Crippen molar-refractivity contribution in [3.63, 3.8) is 0 Å². The monoisotopic (exact) mass is 600 g/mol. The Hall–Kier alpha value is -3.48. The highest BCUT2D eigenvalue weighted by Gasteiger charge is 2.40. The number of carbonyl (C=O) groups is 4. The number of thiazole rings is 1. The van der Waals surface area contributed by atoms with Gasteiger partial charge in [0, 0.05) is 53.4 Å². The summed E-state index contributed by atoms with van der Waals surface area (Å²) >= 11 is 7.45. The summed E-state index contributed by atoms with van der Waals surface area (Å²) in [6, 6.07) is 5.92. The van der Waals surface area contributed by atoms with Crippen LogP contribution in [0.15, 0.2) is 24.3 Å². The number of piperidine rings is 1. The van der Waals surface area contributed by atoms with E-state index in [0.717, 1.165) is 41.0 Å². The van der Waals surface area contributed by atoms with Gasteiger partial charge in [0.25, 0.3) is 11.8 Å². The summed E-state index contributed by atoms with van der Waals surface area (Å²) in [5, 5.41) is 17.1. The molecule has 4 N–H and O–H groups in total. The molecule has 2 aromatic heterocycles. The molecule has 1 aromatic carbocycles. The Morgan fingerprint density at radius 2 is 1.90 bits per heavy atom.